The lowest BCUT2D eigenvalue weighted by Crippen LogP contribution is -2.36. The van der Waals surface area contributed by atoms with Crippen LogP contribution in [0.5, 0.6) is 0 Å². The monoisotopic (exact) mass is 354 g/mol. The molecule has 3 aromatic rings. The van der Waals surface area contributed by atoms with Gasteiger partial charge in [0.25, 0.3) is 5.91 Å². The Balaban J connectivity index is 1.69. The zero-order chi connectivity index (χ0) is 18.5. The number of guanidine groups is 1. The molecule has 0 spiro atoms. The van der Waals surface area contributed by atoms with E-state index in [4.69, 9.17) is 14.6 Å². The molecule has 2 heterocycles. The number of hydrogen-bond donors (Lipinski definition) is 3. The van der Waals surface area contributed by atoms with Crippen molar-refractivity contribution in [1.82, 2.24) is 10.6 Å². The first-order valence-electron chi connectivity index (χ1n) is 8.46. The van der Waals surface area contributed by atoms with Crippen LogP contribution in [-0.2, 0) is 13.1 Å². The Hall–Kier alpha value is -3.22. The van der Waals surface area contributed by atoms with Crippen molar-refractivity contribution in [1.29, 1.82) is 0 Å². The number of carbonyl (C=O) groups excluding carboxylic acids is 1. The largest absolute Gasteiger partial charge is 0.459 e. The van der Waals surface area contributed by atoms with E-state index in [2.05, 4.69) is 15.6 Å². The Morgan fingerprint density at radius 3 is 2.65 bits per heavy atom. The first-order valence-corrected chi connectivity index (χ1v) is 8.46. The molecular formula is C19H22N4O3. The van der Waals surface area contributed by atoms with Crippen LogP contribution in [0, 0.1) is 6.92 Å². The van der Waals surface area contributed by atoms with E-state index in [-0.39, 0.29) is 5.76 Å². The van der Waals surface area contributed by atoms with Crippen molar-refractivity contribution in [2.75, 3.05) is 6.54 Å². The van der Waals surface area contributed by atoms with E-state index >= 15 is 0 Å². The summed E-state index contributed by atoms with van der Waals surface area (Å²) < 4.78 is 11.2. The van der Waals surface area contributed by atoms with Crippen LogP contribution in [0.4, 0.5) is 0 Å². The highest BCUT2D eigenvalue weighted by atomic mass is 16.4. The van der Waals surface area contributed by atoms with Gasteiger partial charge in [-0.15, -0.1) is 0 Å². The van der Waals surface area contributed by atoms with Gasteiger partial charge in [-0.1, -0.05) is 18.2 Å². The molecule has 7 nitrogen and oxygen atoms in total. The van der Waals surface area contributed by atoms with Crippen molar-refractivity contribution in [3.8, 4) is 0 Å². The number of para-hydroxylation sites is 1. The van der Waals surface area contributed by atoms with E-state index in [1.807, 2.05) is 38.1 Å². The first-order chi connectivity index (χ1) is 12.6. The molecule has 1 aromatic carbocycles. The van der Waals surface area contributed by atoms with Gasteiger partial charge < -0.3 is 25.2 Å². The second-order valence-corrected chi connectivity index (χ2v) is 5.83. The van der Waals surface area contributed by atoms with Gasteiger partial charge in [0.15, 0.2) is 11.7 Å². The lowest BCUT2D eigenvalue weighted by atomic mass is 10.1. The summed E-state index contributed by atoms with van der Waals surface area (Å²) in [5.41, 5.74) is 7.17. The summed E-state index contributed by atoms with van der Waals surface area (Å²) in [4.78, 5) is 15.5. The number of amides is 1. The number of furan rings is 2. The Kier molecular flexibility index (Phi) is 5.26. The molecule has 0 atom stereocenters. The molecule has 0 fully saturated rings. The molecule has 0 aliphatic heterocycles. The number of fused-ring (bicyclic) bond motifs is 1. The predicted octanol–water partition coefficient (Wildman–Crippen LogP) is 2.69. The molecule has 0 aliphatic rings. The van der Waals surface area contributed by atoms with Gasteiger partial charge in [0, 0.05) is 17.5 Å². The number of nitrogens with two attached hydrogens (primary N) is 1. The molecular weight excluding hydrogens is 332 g/mol. The third-order valence-electron chi connectivity index (χ3n) is 4.00. The highest BCUT2D eigenvalue weighted by Gasteiger charge is 2.11. The number of carbonyl (C=O) groups is 1. The van der Waals surface area contributed by atoms with Crippen LogP contribution in [0.3, 0.4) is 0 Å². The number of primary amides is 1. The molecule has 0 saturated carbocycles. The molecule has 0 bridgehead atoms. The number of rotatable bonds is 6. The summed E-state index contributed by atoms with van der Waals surface area (Å²) in [7, 11) is 0. The normalized spacial score (nSPS) is 11.7. The van der Waals surface area contributed by atoms with Crippen LogP contribution < -0.4 is 16.4 Å². The quantitative estimate of drug-likeness (QED) is 0.466. The van der Waals surface area contributed by atoms with Crippen molar-refractivity contribution in [3.05, 3.63) is 59.2 Å². The minimum Gasteiger partial charge on any atom is -0.459 e. The van der Waals surface area contributed by atoms with Crippen molar-refractivity contribution in [2.45, 2.75) is 26.9 Å². The Morgan fingerprint density at radius 1 is 1.15 bits per heavy atom. The molecule has 26 heavy (non-hydrogen) atoms. The van der Waals surface area contributed by atoms with Crippen molar-refractivity contribution < 1.29 is 13.6 Å². The SMILES string of the molecule is CCNC(=NCc1ccc(C(N)=O)o1)NCc1oc2ccccc2c1C. The number of nitrogens with zero attached hydrogens (tertiary/aromatic N) is 1. The van der Waals surface area contributed by atoms with Crippen LogP contribution in [0.2, 0.25) is 0 Å². The van der Waals surface area contributed by atoms with E-state index in [0.717, 1.165) is 28.8 Å². The summed E-state index contributed by atoms with van der Waals surface area (Å²) in [6.45, 7) is 5.55. The van der Waals surface area contributed by atoms with E-state index in [1.54, 1.807) is 12.1 Å². The molecule has 0 saturated heterocycles. The molecule has 0 aliphatic carbocycles. The number of aryl methyl sites for hydroxylation is 1. The van der Waals surface area contributed by atoms with Crippen molar-refractivity contribution >= 4 is 22.8 Å². The average Bonchev–Trinajstić information content (AvgIpc) is 3.23. The summed E-state index contributed by atoms with van der Waals surface area (Å²) in [6, 6.07) is 11.2. The number of aliphatic imine (C=N–C) groups is 1. The van der Waals surface area contributed by atoms with Gasteiger partial charge in [-0.3, -0.25) is 4.79 Å². The first kappa shape index (κ1) is 17.6. The minimum absolute atomic E-state index is 0.131. The Bertz CT molecular complexity index is 939. The van der Waals surface area contributed by atoms with Crippen molar-refractivity contribution in [3.63, 3.8) is 0 Å². The van der Waals surface area contributed by atoms with E-state index in [9.17, 15) is 4.79 Å². The summed E-state index contributed by atoms with van der Waals surface area (Å²) in [5, 5.41) is 7.53. The minimum atomic E-state index is -0.592. The zero-order valence-corrected chi connectivity index (χ0v) is 14.8. The smallest absolute Gasteiger partial charge is 0.284 e. The molecule has 0 unspecified atom stereocenters. The lowest BCUT2D eigenvalue weighted by molar-refractivity contribution is 0.0972. The summed E-state index contributed by atoms with van der Waals surface area (Å²) in [5.74, 6) is 1.60. The third kappa shape index (κ3) is 3.88. The van der Waals surface area contributed by atoms with Gasteiger partial charge in [0.2, 0.25) is 0 Å². The van der Waals surface area contributed by atoms with Gasteiger partial charge in [-0.05, 0) is 32.0 Å². The average molecular weight is 354 g/mol. The van der Waals surface area contributed by atoms with Crippen molar-refractivity contribution in [2.24, 2.45) is 10.7 Å². The van der Waals surface area contributed by atoms with Crippen LogP contribution in [0.25, 0.3) is 11.0 Å². The number of nitrogens with one attached hydrogen (secondary N) is 2. The van der Waals surface area contributed by atoms with Gasteiger partial charge in [-0.2, -0.15) is 0 Å². The summed E-state index contributed by atoms with van der Waals surface area (Å²) in [6.07, 6.45) is 0. The Labute approximate surface area is 151 Å². The highest BCUT2D eigenvalue weighted by molar-refractivity contribution is 5.89. The third-order valence-corrected chi connectivity index (χ3v) is 4.00. The molecule has 3 rings (SSSR count). The van der Waals surface area contributed by atoms with E-state index in [1.165, 1.54) is 0 Å². The fourth-order valence-electron chi connectivity index (χ4n) is 2.65. The lowest BCUT2D eigenvalue weighted by Gasteiger charge is -2.10. The second-order valence-electron chi connectivity index (χ2n) is 5.83. The highest BCUT2D eigenvalue weighted by Crippen LogP contribution is 2.24. The maximum Gasteiger partial charge on any atom is 0.284 e. The van der Waals surface area contributed by atoms with Crippen LogP contribution >= 0.6 is 0 Å². The maximum atomic E-state index is 11.1. The summed E-state index contributed by atoms with van der Waals surface area (Å²) >= 11 is 0. The van der Waals surface area contributed by atoms with Crippen LogP contribution in [0.15, 0.2) is 50.2 Å². The van der Waals surface area contributed by atoms with Gasteiger partial charge >= 0.3 is 0 Å². The van der Waals surface area contributed by atoms with E-state index < -0.39 is 5.91 Å². The van der Waals surface area contributed by atoms with Crippen LogP contribution in [0.1, 0.15) is 34.6 Å². The molecule has 4 N–H and O–H groups in total. The zero-order valence-electron chi connectivity index (χ0n) is 14.8. The molecule has 136 valence electrons. The van der Waals surface area contributed by atoms with Crippen LogP contribution in [-0.4, -0.2) is 18.4 Å². The second kappa shape index (κ2) is 7.77. The van der Waals surface area contributed by atoms with Gasteiger partial charge in [-0.25, -0.2) is 4.99 Å². The van der Waals surface area contributed by atoms with Gasteiger partial charge in [0.1, 0.15) is 23.6 Å². The molecule has 1 amide bonds. The number of hydrogen-bond acceptors (Lipinski definition) is 4. The molecule has 7 heteroatoms. The topological polar surface area (TPSA) is 106 Å². The fraction of sp³-hybridized carbons (Fsp3) is 0.263. The molecule has 0 radical (unpaired) electrons. The standard InChI is InChI=1S/C19H22N4O3/c1-3-21-19(22-10-13-8-9-16(25-13)18(20)24)23-11-17-12(2)14-6-4-5-7-15(14)26-17/h4-9H,3,10-11H2,1-2H3,(H2,20,24)(H2,21,22,23). The number of benzene rings is 1. The molecule has 2 aromatic heterocycles. The van der Waals surface area contributed by atoms with Gasteiger partial charge in [0.05, 0.1) is 6.54 Å². The predicted molar refractivity (Wildman–Crippen MR) is 99.8 cm³/mol. The van der Waals surface area contributed by atoms with E-state index in [0.29, 0.717) is 24.8 Å². The Morgan fingerprint density at radius 2 is 1.96 bits per heavy atom. The maximum absolute atomic E-state index is 11.1. The fourth-order valence-corrected chi connectivity index (χ4v) is 2.65.